The predicted molar refractivity (Wildman–Crippen MR) is 65.0 cm³/mol. The molecule has 0 heterocycles. The van der Waals surface area contributed by atoms with Gasteiger partial charge in [0, 0.05) is 19.1 Å². The number of nitrogens with one attached hydrogen (secondary N) is 1. The first kappa shape index (κ1) is 11.4. The molecular weight excluding hydrogens is 184 g/mol. The van der Waals surface area contributed by atoms with Gasteiger partial charge in [-0.2, -0.15) is 0 Å². The van der Waals surface area contributed by atoms with Crippen LogP contribution in [-0.2, 0) is 0 Å². The van der Waals surface area contributed by atoms with Gasteiger partial charge in [-0.15, -0.1) is 0 Å². The second kappa shape index (κ2) is 5.31. The molecule has 1 N–H and O–H groups in total. The highest BCUT2D eigenvalue weighted by atomic mass is 15.1. The Morgan fingerprint density at radius 3 is 2.40 bits per heavy atom. The Hall–Kier alpha value is -0.0800. The van der Waals surface area contributed by atoms with Crippen molar-refractivity contribution in [3.05, 3.63) is 0 Å². The Labute approximate surface area is 94.4 Å². The highest BCUT2D eigenvalue weighted by Gasteiger charge is 2.31. The van der Waals surface area contributed by atoms with Crippen molar-refractivity contribution in [2.75, 3.05) is 27.2 Å². The molecule has 0 amide bonds. The van der Waals surface area contributed by atoms with E-state index in [1.807, 2.05) is 0 Å². The fourth-order valence-electron chi connectivity index (χ4n) is 3.02. The Morgan fingerprint density at radius 1 is 1.20 bits per heavy atom. The van der Waals surface area contributed by atoms with Crippen molar-refractivity contribution in [1.82, 2.24) is 10.2 Å². The molecule has 2 rings (SSSR count). The Morgan fingerprint density at radius 2 is 1.87 bits per heavy atom. The Bertz CT molecular complexity index is 183. The normalized spacial score (nSPS) is 25.0. The molecule has 2 heteroatoms. The summed E-state index contributed by atoms with van der Waals surface area (Å²) >= 11 is 0. The molecule has 0 saturated heterocycles. The van der Waals surface area contributed by atoms with Gasteiger partial charge in [0.05, 0.1) is 0 Å². The van der Waals surface area contributed by atoms with E-state index in [4.69, 9.17) is 0 Å². The SMILES string of the molecule is CNC(CN(C)CC1CCCC1)C1CC1. The summed E-state index contributed by atoms with van der Waals surface area (Å²) < 4.78 is 0. The van der Waals surface area contributed by atoms with Gasteiger partial charge in [0.25, 0.3) is 0 Å². The molecule has 0 aromatic heterocycles. The van der Waals surface area contributed by atoms with Gasteiger partial charge < -0.3 is 10.2 Å². The lowest BCUT2D eigenvalue weighted by atomic mass is 10.1. The molecule has 0 aromatic rings. The van der Waals surface area contributed by atoms with Gasteiger partial charge in [0.1, 0.15) is 0 Å². The van der Waals surface area contributed by atoms with Crippen LogP contribution in [0, 0.1) is 11.8 Å². The van der Waals surface area contributed by atoms with E-state index in [1.54, 1.807) is 0 Å². The van der Waals surface area contributed by atoms with Crippen LogP contribution in [0.25, 0.3) is 0 Å². The van der Waals surface area contributed by atoms with Crippen LogP contribution in [0.1, 0.15) is 38.5 Å². The number of hydrogen-bond donors (Lipinski definition) is 1. The smallest absolute Gasteiger partial charge is 0.0220 e. The van der Waals surface area contributed by atoms with Crippen LogP contribution in [0.15, 0.2) is 0 Å². The van der Waals surface area contributed by atoms with Crippen LogP contribution in [0.3, 0.4) is 0 Å². The quantitative estimate of drug-likeness (QED) is 0.722. The van der Waals surface area contributed by atoms with Crippen LogP contribution < -0.4 is 5.32 Å². The molecule has 0 aromatic carbocycles. The lowest BCUT2D eigenvalue weighted by Crippen LogP contribution is -2.40. The average molecular weight is 210 g/mol. The van der Waals surface area contributed by atoms with Gasteiger partial charge in [0.15, 0.2) is 0 Å². The molecule has 88 valence electrons. The fraction of sp³-hybridized carbons (Fsp3) is 1.00. The molecule has 2 aliphatic carbocycles. The van der Waals surface area contributed by atoms with Gasteiger partial charge >= 0.3 is 0 Å². The number of rotatable bonds is 6. The van der Waals surface area contributed by atoms with E-state index < -0.39 is 0 Å². The summed E-state index contributed by atoms with van der Waals surface area (Å²) in [7, 11) is 4.41. The summed E-state index contributed by atoms with van der Waals surface area (Å²) in [6.45, 7) is 2.57. The van der Waals surface area contributed by atoms with Crippen molar-refractivity contribution in [2.45, 2.75) is 44.6 Å². The number of nitrogens with zero attached hydrogens (tertiary/aromatic N) is 1. The zero-order chi connectivity index (χ0) is 10.7. The minimum atomic E-state index is 0.747. The summed E-state index contributed by atoms with van der Waals surface area (Å²) in [4.78, 5) is 2.55. The predicted octanol–water partition coefficient (Wildman–Crippen LogP) is 2.11. The molecule has 2 saturated carbocycles. The van der Waals surface area contributed by atoms with Crippen LogP contribution in [-0.4, -0.2) is 38.1 Å². The summed E-state index contributed by atoms with van der Waals surface area (Å²) in [5.41, 5.74) is 0. The lowest BCUT2D eigenvalue weighted by molar-refractivity contribution is 0.243. The molecule has 15 heavy (non-hydrogen) atoms. The molecule has 1 unspecified atom stereocenters. The summed E-state index contributed by atoms with van der Waals surface area (Å²) in [6.07, 6.45) is 8.77. The summed E-state index contributed by atoms with van der Waals surface area (Å²) in [5.74, 6) is 1.97. The maximum Gasteiger partial charge on any atom is 0.0220 e. The Kier molecular flexibility index (Phi) is 4.04. The number of likely N-dealkylation sites (N-methyl/N-ethyl adjacent to an activating group) is 2. The third-order valence-electron chi connectivity index (χ3n) is 4.11. The highest BCUT2D eigenvalue weighted by Crippen LogP contribution is 2.33. The molecule has 0 aliphatic heterocycles. The first-order valence-corrected chi connectivity index (χ1v) is 6.65. The highest BCUT2D eigenvalue weighted by molar-refractivity contribution is 4.87. The maximum atomic E-state index is 3.48. The second-order valence-electron chi connectivity index (χ2n) is 5.60. The monoisotopic (exact) mass is 210 g/mol. The van der Waals surface area contributed by atoms with Crippen LogP contribution in [0.4, 0.5) is 0 Å². The van der Waals surface area contributed by atoms with Gasteiger partial charge in [-0.3, -0.25) is 0 Å². The molecule has 2 aliphatic rings. The van der Waals surface area contributed by atoms with Gasteiger partial charge in [-0.1, -0.05) is 12.8 Å². The summed E-state index contributed by atoms with van der Waals surface area (Å²) in [6, 6.07) is 0.747. The lowest BCUT2D eigenvalue weighted by Gasteiger charge is -2.26. The van der Waals surface area contributed by atoms with E-state index in [2.05, 4.69) is 24.3 Å². The second-order valence-corrected chi connectivity index (χ2v) is 5.60. The van der Waals surface area contributed by atoms with Crippen molar-refractivity contribution in [1.29, 1.82) is 0 Å². The molecule has 0 bridgehead atoms. The van der Waals surface area contributed by atoms with Gasteiger partial charge in [0.2, 0.25) is 0 Å². The van der Waals surface area contributed by atoms with E-state index in [0.717, 1.165) is 17.9 Å². The van der Waals surface area contributed by atoms with E-state index in [9.17, 15) is 0 Å². The summed E-state index contributed by atoms with van der Waals surface area (Å²) in [5, 5.41) is 3.48. The van der Waals surface area contributed by atoms with Crippen LogP contribution in [0.5, 0.6) is 0 Å². The van der Waals surface area contributed by atoms with E-state index in [-0.39, 0.29) is 0 Å². The minimum absolute atomic E-state index is 0.747. The molecular formula is C13H26N2. The fourth-order valence-corrected chi connectivity index (χ4v) is 3.02. The first-order valence-electron chi connectivity index (χ1n) is 6.65. The molecule has 2 nitrogen and oxygen atoms in total. The van der Waals surface area contributed by atoms with Crippen LogP contribution >= 0.6 is 0 Å². The minimum Gasteiger partial charge on any atom is -0.315 e. The maximum absolute atomic E-state index is 3.48. The van der Waals surface area contributed by atoms with Crippen molar-refractivity contribution in [3.63, 3.8) is 0 Å². The first-order chi connectivity index (χ1) is 7.29. The molecule has 2 fully saturated rings. The third kappa shape index (κ3) is 3.46. The number of hydrogen-bond acceptors (Lipinski definition) is 2. The van der Waals surface area contributed by atoms with Crippen molar-refractivity contribution < 1.29 is 0 Å². The standard InChI is InChI=1S/C13H26N2/c1-14-13(12-7-8-12)10-15(2)9-11-5-3-4-6-11/h11-14H,3-10H2,1-2H3. The molecule has 0 spiro atoms. The van der Waals surface area contributed by atoms with Crippen molar-refractivity contribution in [2.24, 2.45) is 11.8 Å². The van der Waals surface area contributed by atoms with Crippen molar-refractivity contribution >= 4 is 0 Å². The molecule has 1 atom stereocenters. The zero-order valence-corrected chi connectivity index (χ0v) is 10.3. The Balaban J connectivity index is 1.67. The van der Waals surface area contributed by atoms with Gasteiger partial charge in [-0.05, 0) is 51.6 Å². The van der Waals surface area contributed by atoms with Crippen LogP contribution in [0.2, 0.25) is 0 Å². The van der Waals surface area contributed by atoms with Gasteiger partial charge in [-0.25, -0.2) is 0 Å². The largest absolute Gasteiger partial charge is 0.315 e. The van der Waals surface area contributed by atoms with E-state index in [0.29, 0.717) is 0 Å². The van der Waals surface area contributed by atoms with E-state index >= 15 is 0 Å². The third-order valence-corrected chi connectivity index (χ3v) is 4.11. The molecule has 0 radical (unpaired) electrons. The van der Waals surface area contributed by atoms with E-state index in [1.165, 1.54) is 51.6 Å². The zero-order valence-electron chi connectivity index (χ0n) is 10.3. The van der Waals surface area contributed by atoms with Crippen molar-refractivity contribution in [3.8, 4) is 0 Å². The topological polar surface area (TPSA) is 15.3 Å². The average Bonchev–Trinajstić information content (AvgIpc) is 2.95.